The predicted molar refractivity (Wildman–Crippen MR) is 124 cm³/mol. The highest BCUT2D eigenvalue weighted by Crippen LogP contribution is 2.15. The molecule has 144 valence electrons. The molecule has 2 N–H and O–H groups in total. The number of nitrogens with zero attached hydrogens (tertiary/aromatic N) is 4. The van der Waals surface area contributed by atoms with Crippen molar-refractivity contribution in [2.45, 2.75) is 13.0 Å². The molecule has 4 rings (SSSR count). The summed E-state index contributed by atoms with van der Waals surface area (Å²) in [6.45, 7) is 1.36. The van der Waals surface area contributed by atoms with Crippen LogP contribution in [0.2, 0.25) is 0 Å². The van der Waals surface area contributed by atoms with E-state index in [1.807, 2.05) is 28.8 Å². The number of rotatable bonds is 5. The quantitative estimate of drug-likeness (QED) is 0.258. The Morgan fingerprint density at radius 1 is 0.964 bits per heavy atom. The molecule has 0 fully saturated rings. The van der Waals surface area contributed by atoms with E-state index in [1.165, 1.54) is 16.3 Å². The van der Waals surface area contributed by atoms with E-state index >= 15 is 0 Å². The van der Waals surface area contributed by atoms with Crippen LogP contribution < -0.4 is 10.6 Å². The van der Waals surface area contributed by atoms with Crippen molar-refractivity contribution in [3.8, 4) is 0 Å². The van der Waals surface area contributed by atoms with Gasteiger partial charge in [-0.15, -0.1) is 34.2 Å². The molecule has 2 heterocycles. The van der Waals surface area contributed by atoms with Gasteiger partial charge < -0.3 is 10.6 Å². The molecule has 4 aromatic rings. The van der Waals surface area contributed by atoms with E-state index in [-0.39, 0.29) is 24.0 Å². The van der Waals surface area contributed by atoms with Crippen molar-refractivity contribution in [2.75, 3.05) is 13.6 Å². The van der Waals surface area contributed by atoms with Crippen LogP contribution in [0.15, 0.2) is 71.9 Å². The van der Waals surface area contributed by atoms with Gasteiger partial charge in [0.25, 0.3) is 0 Å². The minimum atomic E-state index is 0. The third-order valence-electron chi connectivity index (χ3n) is 4.54. The fourth-order valence-corrected chi connectivity index (χ4v) is 3.11. The van der Waals surface area contributed by atoms with Crippen LogP contribution in [0.3, 0.4) is 0 Å². The molecular formula is C21H23IN6. The molecule has 0 spiro atoms. The zero-order valence-corrected chi connectivity index (χ0v) is 18.0. The molecule has 0 aliphatic rings. The first-order chi connectivity index (χ1) is 13.3. The number of benzene rings is 2. The predicted octanol–water partition coefficient (Wildman–Crippen LogP) is 3.41. The molecule has 0 radical (unpaired) electrons. The largest absolute Gasteiger partial charge is 0.356 e. The lowest BCUT2D eigenvalue weighted by molar-refractivity contribution is 0.757. The Hall–Kier alpha value is -2.68. The third-order valence-corrected chi connectivity index (χ3v) is 4.54. The minimum absolute atomic E-state index is 0. The van der Waals surface area contributed by atoms with Gasteiger partial charge in [0, 0.05) is 19.8 Å². The highest BCUT2D eigenvalue weighted by molar-refractivity contribution is 14.0. The second-order valence-electron chi connectivity index (χ2n) is 6.33. The summed E-state index contributed by atoms with van der Waals surface area (Å²) in [7, 11) is 1.77. The van der Waals surface area contributed by atoms with Crippen LogP contribution >= 0.6 is 24.0 Å². The number of aliphatic imine (C=N–C) groups is 1. The molecule has 28 heavy (non-hydrogen) atoms. The second kappa shape index (κ2) is 9.50. The van der Waals surface area contributed by atoms with Gasteiger partial charge >= 0.3 is 0 Å². The minimum Gasteiger partial charge on any atom is -0.356 e. The van der Waals surface area contributed by atoms with Crippen molar-refractivity contribution in [2.24, 2.45) is 4.99 Å². The molecule has 0 unspecified atom stereocenters. The highest BCUT2D eigenvalue weighted by Gasteiger charge is 2.05. The van der Waals surface area contributed by atoms with Gasteiger partial charge in [-0.2, -0.15) is 0 Å². The van der Waals surface area contributed by atoms with Crippen molar-refractivity contribution in [1.29, 1.82) is 0 Å². The van der Waals surface area contributed by atoms with Crippen LogP contribution in [0.25, 0.3) is 16.4 Å². The Balaban J connectivity index is 0.00000225. The molecule has 0 saturated carbocycles. The average Bonchev–Trinajstić information content (AvgIpc) is 3.13. The van der Waals surface area contributed by atoms with Crippen molar-refractivity contribution in [3.63, 3.8) is 0 Å². The molecule has 0 amide bonds. The summed E-state index contributed by atoms with van der Waals surface area (Å²) in [6, 6.07) is 20.9. The van der Waals surface area contributed by atoms with Gasteiger partial charge in [0.05, 0.1) is 6.54 Å². The summed E-state index contributed by atoms with van der Waals surface area (Å²) >= 11 is 0. The number of hydrogen-bond donors (Lipinski definition) is 2. The molecule has 2 aromatic heterocycles. The first-order valence-electron chi connectivity index (χ1n) is 9.04. The molecule has 0 atom stereocenters. The molecule has 6 nitrogen and oxygen atoms in total. The molecule has 0 aliphatic carbocycles. The van der Waals surface area contributed by atoms with Gasteiger partial charge in [-0.3, -0.25) is 9.39 Å². The zero-order chi connectivity index (χ0) is 18.5. The maximum atomic E-state index is 4.29. The van der Waals surface area contributed by atoms with E-state index in [0.717, 1.165) is 30.4 Å². The summed E-state index contributed by atoms with van der Waals surface area (Å²) < 4.78 is 1.97. The van der Waals surface area contributed by atoms with Gasteiger partial charge in [0.2, 0.25) is 0 Å². The highest BCUT2D eigenvalue weighted by atomic mass is 127. The summed E-state index contributed by atoms with van der Waals surface area (Å²) in [4.78, 5) is 4.29. The van der Waals surface area contributed by atoms with E-state index in [1.54, 1.807) is 7.05 Å². The zero-order valence-electron chi connectivity index (χ0n) is 15.7. The fourth-order valence-electron chi connectivity index (χ4n) is 3.11. The topological polar surface area (TPSA) is 66.6 Å². The number of fused-ring (bicyclic) bond motifs is 2. The third kappa shape index (κ3) is 4.59. The molecule has 2 aromatic carbocycles. The van der Waals surface area contributed by atoms with Gasteiger partial charge in [-0.05, 0) is 34.9 Å². The van der Waals surface area contributed by atoms with E-state index in [0.29, 0.717) is 6.54 Å². The number of nitrogens with one attached hydrogen (secondary N) is 2. The van der Waals surface area contributed by atoms with Crippen LogP contribution in [0.4, 0.5) is 0 Å². The van der Waals surface area contributed by atoms with Crippen LogP contribution in [0.1, 0.15) is 11.4 Å². The van der Waals surface area contributed by atoms with Crippen LogP contribution in [-0.4, -0.2) is 34.2 Å². The number of aromatic nitrogens is 3. The van der Waals surface area contributed by atoms with Crippen molar-refractivity contribution in [3.05, 3.63) is 78.2 Å². The van der Waals surface area contributed by atoms with Crippen molar-refractivity contribution < 1.29 is 0 Å². The first-order valence-corrected chi connectivity index (χ1v) is 9.04. The Labute approximate surface area is 181 Å². The average molecular weight is 486 g/mol. The molecule has 0 aliphatic heterocycles. The first kappa shape index (κ1) is 20.1. The van der Waals surface area contributed by atoms with Gasteiger partial charge in [0.1, 0.15) is 0 Å². The number of halogens is 1. The summed E-state index contributed by atoms with van der Waals surface area (Å²) in [5.74, 6) is 1.60. The Morgan fingerprint density at radius 3 is 2.64 bits per heavy atom. The van der Waals surface area contributed by atoms with Crippen LogP contribution in [0, 0.1) is 0 Å². The summed E-state index contributed by atoms with van der Waals surface area (Å²) in [5, 5.41) is 17.6. The lowest BCUT2D eigenvalue weighted by Gasteiger charge is -2.11. The number of hydrogen-bond acceptors (Lipinski definition) is 3. The normalized spacial score (nSPS) is 11.4. The second-order valence-corrected chi connectivity index (χ2v) is 6.33. The molecule has 0 bridgehead atoms. The maximum absolute atomic E-state index is 4.29. The van der Waals surface area contributed by atoms with Crippen LogP contribution in [0.5, 0.6) is 0 Å². The van der Waals surface area contributed by atoms with E-state index < -0.39 is 0 Å². The van der Waals surface area contributed by atoms with Crippen LogP contribution in [-0.2, 0) is 13.0 Å². The Bertz CT molecular complexity index is 1090. The SMILES string of the molecule is CN=C(NCCc1ccc2ccccc2c1)NCc1nnc2ccccn12.I. The number of pyridine rings is 1. The lowest BCUT2D eigenvalue weighted by Crippen LogP contribution is -2.38. The Kier molecular flexibility index (Phi) is 6.80. The summed E-state index contributed by atoms with van der Waals surface area (Å²) in [5.41, 5.74) is 2.15. The van der Waals surface area contributed by atoms with Gasteiger partial charge in [0.15, 0.2) is 17.4 Å². The standard InChI is InChI=1S/C21H22N6.HI/c1-22-21(24-15-20-26-25-19-8-4-5-13-27(19)20)23-12-11-16-9-10-17-6-2-3-7-18(17)14-16;/h2-10,13-14H,11-12,15H2,1H3,(H2,22,23,24);1H. The molecular weight excluding hydrogens is 463 g/mol. The van der Waals surface area contributed by atoms with E-state index in [4.69, 9.17) is 0 Å². The smallest absolute Gasteiger partial charge is 0.191 e. The van der Waals surface area contributed by atoms with Crippen molar-refractivity contribution in [1.82, 2.24) is 25.2 Å². The monoisotopic (exact) mass is 486 g/mol. The fraction of sp³-hybridized carbons (Fsp3) is 0.190. The molecule has 7 heteroatoms. The number of guanidine groups is 1. The molecule has 0 saturated heterocycles. The van der Waals surface area contributed by atoms with E-state index in [2.05, 4.69) is 68.3 Å². The van der Waals surface area contributed by atoms with Gasteiger partial charge in [-0.1, -0.05) is 48.5 Å². The van der Waals surface area contributed by atoms with Gasteiger partial charge in [-0.25, -0.2) is 0 Å². The van der Waals surface area contributed by atoms with E-state index in [9.17, 15) is 0 Å². The van der Waals surface area contributed by atoms with Crippen molar-refractivity contribution >= 4 is 46.4 Å². The maximum Gasteiger partial charge on any atom is 0.191 e. The Morgan fingerprint density at radius 2 is 1.79 bits per heavy atom. The summed E-state index contributed by atoms with van der Waals surface area (Å²) in [6.07, 6.45) is 2.89. The lowest BCUT2D eigenvalue weighted by atomic mass is 10.1.